The second-order valence-electron chi connectivity index (χ2n) is 4.33. The van der Waals surface area contributed by atoms with E-state index < -0.39 is 0 Å². The molecule has 15 heavy (non-hydrogen) atoms. The van der Waals surface area contributed by atoms with Crippen LogP contribution in [0, 0.1) is 0 Å². The van der Waals surface area contributed by atoms with Crippen molar-refractivity contribution in [3.8, 4) is 0 Å². The molecule has 0 spiro atoms. The molecule has 84 valence electrons. The lowest BCUT2D eigenvalue weighted by molar-refractivity contribution is 0.153. The summed E-state index contributed by atoms with van der Waals surface area (Å²) in [5, 5.41) is 2.17. The molecule has 0 aliphatic carbocycles. The maximum Gasteiger partial charge on any atom is 0.0110 e. The third kappa shape index (κ3) is 3.59. The normalized spacial score (nSPS) is 19.5. The predicted octanol–water partition coefficient (Wildman–Crippen LogP) is 1.93. The van der Waals surface area contributed by atoms with Crippen LogP contribution in [0.4, 0.5) is 0 Å². The van der Waals surface area contributed by atoms with Crippen LogP contribution in [0.25, 0.3) is 0 Å². The van der Waals surface area contributed by atoms with E-state index in [0.29, 0.717) is 0 Å². The number of rotatable bonds is 4. The highest BCUT2D eigenvalue weighted by atomic mass is 32.1. The second kappa shape index (κ2) is 5.64. The zero-order valence-corrected chi connectivity index (χ0v) is 10.3. The molecule has 2 nitrogen and oxygen atoms in total. The smallest absolute Gasteiger partial charge is 0.0110 e. The number of aryl methyl sites for hydroxylation is 1. The Labute approximate surface area is 96.5 Å². The molecule has 1 aromatic rings. The standard InChI is InChI=1S/C12H20N2S/c1-13-7-9-14(10-8-13)6-2-4-12-5-3-11-15-12/h3,5,11H,2,4,6-10H2,1H3. The van der Waals surface area contributed by atoms with E-state index in [1.165, 1.54) is 50.4 Å². The van der Waals surface area contributed by atoms with Crippen molar-refractivity contribution < 1.29 is 0 Å². The van der Waals surface area contributed by atoms with Crippen LogP contribution in [0.5, 0.6) is 0 Å². The van der Waals surface area contributed by atoms with Crippen LogP contribution >= 0.6 is 11.3 Å². The SMILES string of the molecule is CN1CCN(CCCc2cccs2)CC1. The molecule has 1 aliphatic heterocycles. The summed E-state index contributed by atoms with van der Waals surface area (Å²) in [4.78, 5) is 6.53. The van der Waals surface area contributed by atoms with E-state index in [4.69, 9.17) is 0 Å². The fourth-order valence-corrected chi connectivity index (χ4v) is 2.75. The number of thiophene rings is 1. The average Bonchev–Trinajstić information content (AvgIpc) is 2.74. The van der Waals surface area contributed by atoms with Gasteiger partial charge in [0.1, 0.15) is 0 Å². The lowest BCUT2D eigenvalue weighted by Gasteiger charge is -2.32. The van der Waals surface area contributed by atoms with Gasteiger partial charge in [0.25, 0.3) is 0 Å². The molecular formula is C12H20N2S. The Bertz CT molecular complexity index is 263. The fraction of sp³-hybridized carbons (Fsp3) is 0.667. The minimum absolute atomic E-state index is 1.24. The molecule has 1 fully saturated rings. The van der Waals surface area contributed by atoms with Crippen molar-refractivity contribution in [3.63, 3.8) is 0 Å². The fourth-order valence-electron chi connectivity index (χ4n) is 2.00. The number of hydrogen-bond donors (Lipinski definition) is 0. The van der Waals surface area contributed by atoms with Crippen LogP contribution in [0.1, 0.15) is 11.3 Å². The Hall–Kier alpha value is -0.380. The van der Waals surface area contributed by atoms with Gasteiger partial charge in [-0.05, 0) is 37.9 Å². The first kappa shape index (κ1) is 11.1. The largest absolute Gasteiger partial charge is 0.304 e. The van der Waals surface area contributed by atoms with Crippen LogP contribution in [0.3, 0.4) is 0 Å². The average molecular weight is 224 g/mol. The Morgan fingerprint density at radius 1 is 1.27 bits per heavy atom. The lowest BCUT2D eigenvalue weighted by atomic mass is 10.2. The van der Waals surface area contributed by atoms with Gasteiger partial charge in [0.05, 0.1) is 0 Å². The van der Waals surface area contributed by atoms with Crippen molar-refractivity contribution >= 4 is 11.3 Å². The molecule has 3 heteroatoms. The van der Waals surface area contributed by atoms with Crippen LogP contribution in [-0.2, 0) is 6.42 Å². The first-order chi connectivity index (χ1) is 7.34. The molecule has 0 bridgehead atoms. The number of piperazine rings is 1. The Balaban J connectivity index is 1.62. The summed E-state index contributed by atoms with van der Waals surface area (Å²) in [7, 11) is 2.21. The van der Waals surface area contributed by atoms with Crippen LogP contribution < -0.4 is 0 Å². The van der Waals surface area contributed by atoms with Gasteiger partial charge in [0.2, 0.25) is 0 Å². The summed E-state index contributed by atoms with van der Waals surface area (Å²) < 4.78 is 0. The highest BCUT2D eigenvalue weighted by Crippen LogP contribution is 2.11. The number of nitrogens with zero attached hydrogens (tertiary/aromatic N) is 2. The minimum Gasteiger partial charge on any atom is -0.304 e. The first-order valence-electron chi connectivity index (χ1n) is 5.78. The zero-order chi connectivity index (χ0) is 10.5. The number of hydrogen-bond acceptors (Lipinski definition) is 3. The van der Waals surface area contributed by atoms with Crippen molar-refractivity contribution in [1.29, 1.82) is 0 Å². The summed E-state index contributed by atoms with van der Waals surface area (Å²) in [6.45, 7) is 6.24. The summed E-state index contributed by atoms with van der Waals surface area (Å²) in [6, 6.07) is 4.39. The van der Waals surface area contributed by atoms with Gasteiger partial charge >= 0.3 is 0 Å². The van der Waals surface area contributed by atoms with Gasteiger partial charge < -0.3 is 9.80 Å². The van der Waals surface area contributed by atoms with E-state index in [1.54, 1.807) is 0 Å². The van der Waals surface area contributed by atoms with Crippen LogP contribution in [0.15, 0.2) is 17.5 Å². The Morgan fingerprint density at radius 2 is 2.07 bits per heavy atom. The molecule has 0 N–H and O–H groups in total. The van der Waals surface area contributed by atoms with E-state index in [2.05, 4.69) is 34.4 Å². The van der Waals surface area contributed by atoms with Gasteiger partial charge in [-0.1, -0.05) is 6.07 Å². The second-order valence-corrected chi connectivity index (χ2v) is 5.36. The van der Waals surface area contributed by atoms with E-state index >= 15 is 0 Å². The molecule has 0 atom stereocenters. The monoisotopic (exact) mass is 224 g/mol. The zero-order valence-electron chi connectivity index (χ0n) is 9.48. The van der Waals surface area contributed by atoms with Crippen LogP contribution in [-0.4, -0.2) is 49.6 Å². The maximum atomic E-state index is 2.59. The maximum absolute atomic E-state index is 2.59. The Morgan fingerprint density at radius 3 is 2.73 bits per heavy atom. The van der Waals surface area contributed by atoms with E-state index in [1.807, 2.05) is 11.3 Å². The van der Waals surface area contributed by atoms with Crippen molar-refractivity contribution in [2.24, 2.45) is 0 Å². The van der Waals surface area contributed by atoms with Crippen molar-refractivity contribution in [1.82, 2.24) is 9.80 Å². The van der Waals surface area contributed by atoms with Gasteiger partial charge in [-0.3, -0.25) is 0 Å². The quantitative estimate of drug-likeness (QED) is 0.771. The number of likely N-dealkylation sites (N-methyl/N-ethyl adjacent to an activating group) is 1. The van der Waals surface area contributed by atoms with Gasteiger partial charge in [0.15, 0.2) is 0 Å². The highest BCUT2D eigenvalue weighted by Gasteiger charge is 2.12. The molecule has 0 aromatic carbocycles. The van der Waals surface area contributed by atoms with Crippen molar-refractivity contribution in [2.45, 2.75) is 12.8 Å². The molecule has 2 heterocycles. The molecule has 0 radical (unpaired) electrons. The van der Waals surface area contributed by atoms with Crippen LogP contribution in [0.2, 0.25) is 0 Å². The summed E-state index contributed by atoms with van der Waals surface area (Å²) in [5.74, 6) is 0. The molecule has 1 aliphatic rings. The molecule has 2 rings (SSSR count). The third-order valence-corrected chi connectivity index (χ3v) is 4.01. The van der Waals surface area contributed by atoms with Gasteiger partial charge in [0, 0.05) is 31.1 Å². The van der Waals surface area contributed by atoms with E-state index in [0.717, 1.165) is 0 Å². The Kier molecular flexibility index (Phi) is 4.18. The molecule has 1 aromatic heterocycles. The molecule has 0 unspecified atom stereocenters. The molecule has 0 saturated carbocycles. The predicted molar refractivity (Wildman–Crippen MR) is 66.6 cm³/mol. The van der Waals surface area contributed by atoms with E-state index in [9.17, 15) is 0 Å². The summed E-state index contributed by atoms with van der Waals surface area (Å²) in [6.07, 6.45) is 2.56. The first-order valence-corrected chi connectivity index (χ1v) is 6.66. The van der Waals surface area contributed by atoms with Crippen molar-refractivity contribution in [2.75, 3.05) is 39.8 Å². The topological polar surface area (TPSA) is 6.48 Å². The summed E-state index contributed by atoms with van der Waals surface area (Å²) in [5.41, 5.74) is 0. The highest BCUT2D eigenvalue weighted by molar-refractivity contribution is 7.09. The lowest BCUT2D eigenvalue weighted by Crippen LogP contribution is -2.44. The molecular weight excluding hydrogens is 204 g/mol. The van der Waals surface area contributed by atoms with Gasteiger partial charge in [-0.25, -0.2) is 0 Å². The third-order valence-electron chi connectivity index (χ3n) is 3.07. The summed E-state index contributed by atoms with van der Waals surface area (Å²) >= 11 is 1.88. The van der Waals surface area contributed by atoms with Gasteiger partial charge in [-0.15, -0.1) is 11.3 Å². The van der Waals surface area contributed by atoms with Crippen molar-refractivity contribution in [3.05, 3.63) is 22.4 Å². The minimum atomic E-state index is 1.24. The molecule has 1 saturated heterocycles. The molecule has 0 amide bonds. The van der Waals surface area contributed by atoms with E-state index in [-0.39, 0.29) is 0 Å². The van der Waals surface area contributed by atoms with Gasteiger partial charge in [-0.2, -0.15) is 0 Å².